The fraction of sp³-hybridized carbons (Fsp3) is 0.333. The molecule has 0 fully saturated rings. The van der Waals surface area contributed by atoms with Crippen molar-refractivity contribution in [3.63, 3.8) is 0 Å². The maximum Gasteiger partial charge on any atom is 0.402 e. The van der Waals surface area contributed by atoms with Gasteiger partial charge in [0.25, 0.3) is 10.2 Å². The normalized spacial score (nSPS) is 12.9. The molecule has 2 rings (SSSR count). The number of halogens is 3. The molecular weight excluding hydrogens is 307 g/mol. The summed E-state index contributed by atoms with van der Waals surface area (Å²) in [7, 11) is -4.15. The van der Waals surface area contributed by atoms with Crippen molar-refractivity contribution in [2.24, 2.45) is 0 Å². The van der Waals surface area contributed by atoms with Gasteiger partial charge in [0.15, 0.2) is 0 Å². The summed E-state index contributed by atoms with van der Waals surface area (Å²) in [6, 6.07) is 7.49. The molecule has 9 heteroatoms. The number of rotatable bonds is 6. The molecule has 0 amide bonds. The summed E-state index contributed by atoms with van der Waals surface area (Å²) in [5, 5.41) is 0.958. The minimum absolute atomic E-state index is 0.00897. The Bertz CT molecular complexity index is 710. The lowest BCUT2D eigenvalue weighted by Crippen LogP contribution is -2.42. The van der Waals surface area contributed by atoms with Gasteiger partial charge in [0.1, 0.15) is 6.54 Å². The minimum Gasteiger partial charge on any atom is -0.361 e. The third kappa shape index (κ3) is 4.73. The average molecular weight is 321 g/mol. The number of aromatic nitrogens is 1. The molecule has 0 bridgehead atoms. The average Bonchev–Trinajstić information content (AvgIpc) is 2.80. The number of hydrogen-bond acceptors (Lipinski definition) is 2. The number of para-hydroxylation sites is 1. The van der Waals surface area contributed by atoms with Gasteiger partial charge in [0, 0.05) is 23.6 Å². The lowest BCUT2D eigenvalue weighted by Gasteiger charge is -2.10. The maximum absolute atomic E-state index is 11.9. The van der Waals surface area contributed by atoms with Crippen molar-refractivity contribution in [2.75, 3.05) is 13.1 Å². The van der Waals surface area contributed by atoms with E-state index in [9.17, 15) is 21.6 Å². The van der Waals surface area contributed by atoms with Gasteiger partial charge in [-0.1, -0.05) is 18.2 Å². The fourth-order valence-electron chi connectivity index (χ4n) is 1.89. The molecule has 1 heterocycles. The quantitative estimate of drug-likeness (QED) is 0.757. The van der Waals surface area contributed by atoms with Crippen LogP contribution in [0.5, 0.6) is 0 Å². The first-order chi connectivity index (χ1) is 9.77. The van der Waals surface area contributed by atoms with Crippen LogP contribution in [0.25, 0.3) is 10.9 Å². The summed E-state index contributed by atoms with van der Waals surface area (Å²) < 4.78 is 62.0. The highest BCUT2D eigenvalue weighted by atomic mass is 32.2. The van der Waals surface area contributed by atoms with Crippen LogP contribution in [-0.4, -0.2) is 32.7 Å². The third-order valence-electron chi connectivity index (χ3n) is 2.82. The minimum atomic E-state index is -4.58. The van der Waals surface area contributed by atoms with E-state index in [2.05, 4.69) is 9.71 Å². The molecule has 0 aliphatic rings. The number of benzene rings is 1. The molecule has 5 nitrogen and oxygen atoms in total. The summed E-state index contributed by atoms with van der Waals surface area (Å²) in [5.74, 6) is 0. The molecule has 116 valence electrons. The van der Waals surface area contributed by atoms with Gasteiger partial charge in [-0.2, -0.15) is 26.3 Å². The molecule has 0 spiro atoms. The van der Waals surface area contributed by atoms with Crippen molar-refractivity contribution in [1.82, 2.24) is 14.4 Å². The number of H-pyrrole nitrogens is 1. The Labute approximate surface area is 119 Å². The van der Waals surface area contributed by atoms with Crippen LogP contribution in [0.2, 0.25) is 0 Å². The van der Waals surface area contributed by atoms with Gasteiger partial charge < -0.3 is 4.98 Å². The van der Waals surface area contributed by atoms with E-state index in [1.807, 2.05) is 24.3 Å². The molecule has 0 saturated carbocycles. The fourth-order valence-corrected chi connectivity index (χ4v) is 2.71. The van der Waals surface area contributed by atoms with Crippen LogP contribution in [0.4, 0.5) is 13.2 Å². The van der Waals surface area contributed by atoms with Gasteiger partial charge in [-0.05, 0) is 18.1 Å². The van der Waals surface area contributed by atoms with Crippen molar-refractivity contribution < 1.29 is 21.6 Å². The highest BCUT2D eigenvalue weighted by molar-refractivity contribution is 7.87. The second kappa shape index (κ2) is 6.04. The molecule has 0 unspecified atom stereocenters. The van der Waals surface area contributed by atoms with Crippen molar-refractivity contribution in [2.45, 2.75) is 12.6 Å². The van der Waals surface area contributed by atoms with Gasteiger partial charge >= 0.3 is 6.18 Å². The van der Waals surface area contributed by atoms with Crippen molar-refractivity contribution >= 4 is 21.1 Å². The Morgan fingerprint density at radius 2 is 1.86 bits per heavy atom. The standard InChI is InChI=1S/C12H14F3N3O2S/c13-12(14,15)8-18-21(19,20)17-6-5-9-7-16-11-4-2-1-3-10(9)11/h1-4,7,16-18H,5-6,8H2. The first-order valence-corrected chi connectivity index (χ1v) is 7.61. The van der Waals surface area contributed by atoms with Crippen LogP contribution in [0.15, 0.2) is 30.5 Å². The van der Waals surface area contributed by atoms with E-state index in [1.54, 1.807) is 6.20 Å². The Morgan fingerprint density at radius 3 is 2.57 bits per heavy atom. The van der Waals surface area contributed by atoms with E-state index in [4.69, 9.17) is 0 Å². The Kier molecular flexibility index (Phi) is 4.55. The summed E-state index contributed by atoms with van der Waals surface area (Å²) >= 11 is 0. The van der Waals surface area contributed by atoms with Gasteiger partial charge in [-0.25, -0.2) is 4.72 Å². The molecular formula is C12H14F3N3O2S. The highest BCUT2D eigenvalue weighted by Gasteiger charge is 2.29. The molecule has 0 radical (unpaired) electrons. The number of alkyl halides is 3. The summed E-state index contributed by atoms with van der Waals surface area (Å²) in [5.41, 5.74) is 1.81. The molecule has 2 aromatic rings. The van der Waals surface area contributed by atoms with E-state index >= 15 is 0 Å². The van der Waals surface area contributed by atoms with Gasteiger partial charge in [-0.15, -0.1) is 0 Å². The zero-order chi connectivity index (χ0) is 15.5. The zero-order valence-corrected chi connectivity index (χ0v) is 11.7. The SMILES string of the molecule is O=S(=O)(NCCc1c[nH]c2ccccc12)NCC(F)(F)F. The molecule has 21 heavy (non-hydrogen) atoms. The first-order valence-electron chi connectivity index (χ1n) is 6.13. The molecule has 0 aliphatic carbocycles. The molecule has 0 atom stereocenters. The second-order valence-electron chi connectivity index (χ2n) is 4.44. The van der Waals surface area contributed by atoms with Crippen LogP contribution in [0.1, 0.15) is 5.56 Å². The Morgan fingerprint density at radius 1 is 1.14 bits per heavy atom. The third-order valence-corrected chi connectivity index (χ3v) is 3.93. The van der Waals surface area contributed by atoms with E-state index in [0.29, 0.717) is 6.42 Å². The summed E-state index contributed by atoms with van der Waals surface area (Å²) in [4.78, 5) is 3.04. The summed E-state index contributed by atoms with van der Waals surface area (Å²) in [6.45, 7) is -1.58. The van der Waals surface area contributed by atoms with Crippen LogP contribution in [0, 0.1) is 0 Å². The van der Waals surface area contributed by atoms with Gasteiger partial charge in [0.2, 0.25) is 0 Å². The summed E-state index contributed by atoms with van der Waals surface area (Å²) in [6.07, 6.45) is -2.45. The van der Waals surface area contributed by atoms with Crippen molar-refractivity contribution in [1.29, 1.82) is 0 Å². The molecule has 3 N–H and O–H groups in total. The topological polar surface area (TPSA) is 74.0 Å². The largest absolute Gasteiger partial charge is 0.402 e. The maximum atomic E-state index is 11.9. The smallest absolute Gasteiger partial charge is 0.361 e. The molecule has 1 aromatic heterocycles. The van der Waals surface area contributed by atoms with Crippen LogP contribution in [0.3, 0.4) is 0 Å². The molecule has 0 saturated heterocycles. The first kappa shape index (κ1) is 15.8. The lowest BCUT2D eigenvalue weighted by atomic mass is 10.1. The van der Waals surface area contributed by atoms with Gasteiger partial charge in [0.05, 0.1) is 0 Å². The Hall–Kier alpha value is -1.58. The zero-order valence-electron chi connectivity index (χ0n) is 10.9. The number of nitrogens with one attached hydrogen (secondary N) is 3. The van der Waals surface area contributed by atoms with Crippen LogP contribution < -0.4 is 9.44 Å². The number of hydrogen-bond donors (Lipinski definition) is 3. The Balaban J connectivity index is 1.89. The monoisotopic (exact) mass is 321 g/mol. The second-order valence-corrected chi connectivity index (χ2v) is 6.03. The molecule has 0 aliphatic heterocycles. The highest BCUT2D eigenvalue weighted by Crippen LogP contribution is 2.17. The van der Waals surface area contributed by atoms with E-state index in [-0.39, 0.29) is 6.54 Å². The van der Waals surface area contributed by atoms with Crippen LogP contribution >= 0.6 is 0 Å². The number of aromatic amines is 1. The van der Waals surface area contributed by atoms with E-state index in [0.717, 1.165) is 16.5 Å². The van der Waals surface area contributed by atoms with Crippen molar-refractivity contribution in [3.8, 4) is 0 Å². The molecule has 1 aromatic carbocycles. The van der Waals surface area contributed by atoms with E-state index < -0.39 is 22.9 Å². The predicted molar refractivity (Wildman–Crippen MR) is 73.0 cm³/mol. The predicted octanol–water partition coefficient (Wildman–Crippen LogP) is 1.70. The number of fused-ring (bicyclic) bond motifs is 1. The lowest BCUT2D eigenvalue weighted by molar-refractivity contribution is -0.121. The van der Waals surface area contributed by atoms with Crippen LogP contribution in [-0.2, 0) is 16.6 Å². The van der Waals surface area contributed by atoms with Gasteiger partial charge in [-0.3, -0.25) is 0 Å². The van der Waals surface area contributed by atoms with E-state index in [1.165, 1.54) is 4.72 Å². The van der Waals surface area contributed by atoms with Crippen molar-refractivity contribution in [3.05, 3.63) is 36.0 Å².